The Morgan fingerprint density at radius 2 is 2.10 bits per heavy atom. The molecule has 2 radical (unpaired) electrons. The average molecular weight is 127 g/mol. The molecule has 2 aromatic rings. The molecule has 0 atom stereocenters. The van der Waals surface area contributed by atoms with Crippen LogP contribution in [0.5, 0.6) is 0 Å². The molecule has 10 heavy (non-hydrogen) atoms. The van der Waals surface area contributed by atoms with E-state index in [1.807, 2.05) is 30.5 Å². The first-order valence-electron chi connectivity index (χ1n) is 3.19. The third-order valence-corrected chi connectivity index (χ3v) is 1.63. The summed E-state index contributed by atoms with van der Waals surface area (Å²) in [6.45, 7) is 0. The highest BCUT2D eigenvalue weighted by molar-refractivity contribution is 6.38. The summed E-state index contributed by atoms with van der Waals surface area (Å²) in [4.78, 5) is 3.08. The van der Waals surface area contributed by atoms with Gasteiger partial charge in [0.05, 0.1) is 0 Å². The molecular weight excluding hydrogens is 121 g/mol. The Morgan fingerprint density at radius 1 is 1.20 bits per heavy atom. The van der Waals surface area contributed by atoms with Crippen molar-refractivity contribution in [2.24, 2.45) is 0 Å². The maximum Gasteiger partial charge on any atom is 0.114 e. The van der Waals surface area contributed by atoms with Crippen LogP contribution in [-0.2, 0) is 0 Å². The van der Waals surface area contributed by atoms with E-state index in [0.29, 0.717) is 0 Å². The normalized spacial score (nSPS) is 10.4. The molecule has 1 aromatic heterocycles. The Hall–Kier alpha value is -1.18. The van der Waals surface area contributed by atoms with Crippen LogP contribution in [0.1, 0.15) is 0 Å². The van der Waals surface area contributed by atoms with Gasteiger partial charge in [0, 0.05) is 11.7 Å². The molecule has 0 unspecified atom stereocenters. The first-order valence-corrected chi connectivity index (χ1v) is 3.19. The second-order valence-electron chi connectivity index (χ2n) is 2.29. The topological polar surface area (TPSA) is 15.8 Å². The van der Waals surface area contributed by atoms with Gasteiger partial charge in [0.25, 0.3) is 0 Å². The Kier molecular flexibility index (Phi) is 1.07. The first kappa shape index (κ1) is 5.60. The molecule has 0 saturated carbocycles. The molecule has 2 rings (SSSR count). The lowest BCUT2D eigenvalue weighted by molar-refractivity contribution is 1.48. The van der Waals surface area contributed by atoms with Crippen molar-refractivity contribution in [2.75, 3.05) is 0 Å². The third-order valence-electron chi connectivity index (χ3n) is 1.63. The number of aromatic amines is 1. The van der Waals surface area contributed by atoms with Gasteiger partial charge >= 0.3 is 0 Å². The second-order valence-corrected chi connectivity index (χ2v) is 2.29. The number of hydrogen-bond acceptors (Lipinski definition) is 0. The molecule has 0 amide bonds. The number of nitrogens with one attached hydrogen (secondary N) is 1. The van der Waals surface area contributed by atoms with Crippen molar-refractivity contribution >= 4 is 24.2 Å². The summed E-state index contributed by atoms with van der Waals surface area (Å²) in [5.74, 6) is 0. The van der Waals surface area contributed by atoms with Gasteiger partial charge in [-0.25, -0.2) is 0 Å². The minimum atomic E-state index is 0.832. The molecule has 0 saturated heterocycles. The lowest BCUT2D eigenvalue weighted by Gasteiger charge is -1.92. The van der Waals surface area contributed by atoms with E-state index in [-0.39, 0.29) is 0 Å². The molecule has 0 spiro atoms. The highest BCUT2D eigenvalue weighted by Gasteiger charge is 1.93. The van der Waals surface area contributed by atoms with Crippen LogP contribution < -0.4 is 5.46 Å². The van der Waals surface area contributed by atoms with Crippen molar-refractivity contribution in [2.45, 2.75) is 0 Å². The summed E-state index contributed by atoms with van der Waals surface area (Å²) in [5.41, 5.74) is 1.93. The number of aromatic nitrogens is 1. The number of benzene rings is 1. The zero-order valence-electron chi connectivity index (χ0n) is 5.46. The molecular formula is C8H6BN. The van der Waals surface area contributed by atoms with Gasteiger partial charge in [-0.15, -0.1) is 0 Å². The van der Waals surface area contributed by atoms with E-state index in [1.54, 1.807) is 0 Å². The standard InChI is InChI=1S/C8H6BN/c9-7-2-1-3-8-6(7)4-5-10-8/h1-5,10H. The van der Waals surface area contributed by atoms with Crippen LogP contribution >= 0.6 is 0 Å². The van der Waals surface area contributed by atoms with Crippen molar-refractivity contribution < 1.29 is 0 Å². The van der Waals surface area contributed by atoms with Crippen LogP contribution in [0, 0.1) is 0 Å². The molecule has 1 heterocycles. The quantitative estimate of drug-likeness (QED) is 0.507. The summed E-state index contributed by atoms with van der Waals surface area (Å²) < 4.78 is 0. The zero-order chi connectivity index (χ0) is 6.97. The van der Waals surface area contributed by atoms with Crippen LogP contribution in [0.15, 0.2) is 30.5 Å². The van der Waals surface area contributed by atoms with Crippen molar-refractivity contribution in [1.82, 2.24) is 4.98 Å². The van der Waals surface area contributed by atoms with Crippen LogP contribution in [-0.4, -0.2) is 12.8 Å². The van der Waals surface area contributed by atoms with Gasteiger partial charge in [-0.3, -0.25) is 0 Å². The van der Waals surface area contributed by atoms with Gasteiger partial charge in [-0.1, -0.05) is 17.6 Å². The number of H-pyrrole nitrogens is 1. The summed E-state index contributed by atoms with van der Waals surface area (Å²) in [5, 5.41) is 1.10. The lowest BCUT2D eigenvalue weighted by atomic mass is 9.93. The summed E-state index contributed by atoms with van der Waals surface area (Å²) in [6.07, 6.45) is 1.89. The summed E-state index contributed by atoms with van der Waals surface area (Å²) in [6, 6.07) is 7.82. The Balaban J connectivity index is 2.95. The van der Waals surface area contributed by atoms with Crippen molar-refractivity contribution in [1.29, 1.82) is 0 Å². The molecule has 0 fully saturated rings. The zero-order valence-corrected chi connectivity index (χ0v) is 5.46. The SMILES string of the molecule is [B]c1cccc2[nH]ccc12. The Morgan fingerprint density at radius 3 is 2.90 bits per heavy atom. The first-order chi connectivity index (χ1) is 4.88. The molecule has 0 bridgehead atoms. The number of fused-ring (bicyclic) bond motifs is 1. The van der Waals surface area contributed by atoms with Crippen molar-refractivity contribution in [3.8, 4) is 0 Å². The average Bonchev–Trinajstić information content (AvgIpc) is 2.36. The van der Waals surface area contributed by atoms with Gasteiger partial charge in [0.15, 0.2) is 0 Å². The van der Waals surface area contributed by atoms with Gasteiger partial charge in [-0.2, -0.15) is 0 Å². The van der Waals surface area contributed by atoms with E-state index in [0.717, 1.165) is 16.4 Å². The van der Waals surface area contributed by atoms with E-state index in [4.69, 9.17) is 7.85 Å². The van der Waals surface area contributed by atoms with Crippen LogP contribution in [0.4, 0.5) is 0 Å². The summed E-state index contributed by atoms with van der Waals surface area (Å²) in [7, 11) is 5.68. The smallest absolute Gasteiger partial charge is 0.114 e. The van der Waals surface area contributed by atoms with Gasteiger partial charge in [-0.05, 0) is 17.5 Å². The van der Waals surface area contributed by atoms with Gasteiger partial charge in [0.1, 0.15) is 7.85 Å². The molecule has 2 heteroatoms. The van der Waals surface area contributed by atoms with E-state index in [1.165, 1.54) is 0 Å². The number of rotatable bonds is 0. The molecule has 1 N–H and O–H groups in total. The van der Waals surface area contributed by atoms with E-state index >= 15 is 0 Å². The van der Waals surface area contributed by atoms with Crippen molar-refractivity contribution in [3.05, 3.63) is 30.5 Å². The van der Waals surface area contributed by atoms with Crippen LogP contribution in [0.3, 0.4) is 0 Å². The maximum absolute atomic E-state index is 5.68. The molecule has 0 aliphatic heterocycles. The van der Waals surface area contributed by atoms with E-state index in [9.17, 15) is 0 Å². The fraction of sp³-hybridized carbons (Fsp3) is 0. The Bertz CT molecular complexity index is 351. The van der Waals surface area contributed by atoms with E-state index < -0.39 is 0 Å². The fourth-order valence-electron chi connectivity index (χ4n) is 1.11. The third kappa shape index (κ3) is 0.653. The predicted octanol–water partition coefficient (Wildman–Crippen LogP) is 0.962. The minimum Gasteiger partial charge on any atom is -0.361 e. The molecule has 1 aromatic carbocycles. The Labute approximate surface area is 60.5 Å². The fourth-order valence-corrected chi connectivity index (χ4v) is 1.11. The maximum atomic E-state index is 5.68. The van der Waals surface area contributed by atoms with Crippen LogP contribution in [0.25, 0.3) is 10.9 Å². The highest BCUT2D eigenvalue weighted by atomic mass is 14.7. The van der Waals surface area contributed by atoms with Crippen LogP contribution in [0.2, 0.25) is 0 Å². The largest absolute Gasteiger partial charge is 0.361 e. The van der Waals surface area contributed by atoms with E-state index in [2.05, 4.69) is 4.98 Å². The second kappa shape index (κ2) is 1.91. The lowest BCUT2D eigenvalue weighted by Crippen LogP contribution is -2.00. The predicted molar refractivity (Wildman–Crippen MR) is 43.7 cm³/mol. The number of hydrogen-bond donors (Lipinski definition) is 1. The van der Waals surface area contributed by atoms with Gasteiger partial charge in [0.2, 0.25) is 0 Å². The summed E-state index contributed by atoms with van der Waals surface area (Å²) >= 11 is 0. The molecule has 46 valence electrons. The minimum absolute atomic E-state index is 0.832. The molecule has 1 nitrogen and oxygen atoms in total. The molecule has 0 aliphatic rings. The monoisotopic (exact) mass is 127 g/mol. The van der Waals surface area contributed by atoms with Gasteiger partial charge < -0.3 is 4.98 Å². The molecule has 0 aliphatic carbocycles. The van der Waals surface area contributed by atoms with Crippen molar-refractivity contribution in [3.63, 3.8) is 0 Å². The highest BCUT2D eigenvalue weighted by Crippen LogP contribution is 2.06.